The third-order valence-electron chi connectivity index (χ3n) is 12.4. The lowest BCUT2D eigenvalue weighted by Gasteiger charge is -2.32. The molecule has 0 fully saturated rings. The van der Waals surface area contributed by atoms with E-state index in [4.69, 9.17) is 46.9 Å². The van der Waals surface area contributed by atoms with E-state index in [9.17, 15) is 9.59 Å². The average Bonchev–Trinajstić information content (AvgIpc) is 3.61. The third kappa shape index (κ3) is 10.4. The van der Waals surface area contributed by atoms with Gasteiger partial charge in [0.05, 0.1) is 56.1 Å². The Morgan fingerprint density at radius 3 is 2.03 bits per heavy atom. The fraction of sp³-hybridized carbons (Fsp3) is 0.400. The molecule has 1 aliphatic rings. The molecular formula is C50H60Cl2N4O9Si. The lowest BCUT2D eigenvalue weighted by atomic mass is 9.95. The van der Waals surface area contributed by atoms with Crippen molar-refractivity contribution in [3.8, 4) is 28.4 Å². The molecule has 1 aromatic heterocycles. The minimum Gasteiger partial charge on any atom is -0.494 e. The second-order valence-corrected chi connectivity index (χ2v) is 23.4. The van der Waals surface area contributed by atoms with Crippen LogP contribution in [0.2, 0.25) is 28.2 Å². The summed E-state index contributed by atoms with van der Waals surface area (Å²) in [4.78, 5) is 58.5. The van der Waals surface area contributed by atoms with Crippen molar-refractivity contribution in [3.05, 3.63) is 105 Å². The smallest absolute Gasteiger partial charge is 0.408 e. The van der Waals surface area contributed by atoms with Gasteiger partial charge in [0.15, 0.2) is 17.2 Å². The Labute approximate surface area is 397 Å². The van der Waals surface area contributed by atoms with Crippen molar-refractivity contribution in [2.45, 2.75) is 103 Å². The highest BCUT2D eigenvalue weighted by atomic mass is 35.5. The lowest BCUT2D eigenvalue weighted by molar-refractivity contribution is -0.130. The Morgan fingerprint density at radius 1 is 0.803 bits per heavy atom. The summed E-state index contributed by atoms with van der Waals surface area (Å²) in [5.74, 6) is -0.600. The number of nitrogens with one attached hydrogen (secondary N) is 3. The molecule has 352 valence electrons. The number of carbonyl (C=O) groups excluding carboxylic acids is 4. The van der Waals surface area contributed by atoms with Crippen LogP contribution in [-0.2, 0) is 32.1 Å². The molecule has 0 saturated heterocycles. The van der Waals surface area contributed by atoms with Crippen molar-refractivity contribution < 1.29 is 42.9 Å². The molecule has 16 heteroatoms. The van der Waals surface area contributed by atoms with Gasteiger partial charge in [-0.15, -0.1) is 0 Å². The first-order valence-electron chi connectivity index (χ1n) is 22.1. The third-order valence-corrected chi connectivity index (χ3v) is 18.5. The molecular weight excluding hydrogens is 900 g/mol. The zero-order chi connectivity index (χ0) is 48.1. The molecule has 66 heavy (non-hydrogen) atoms. The van der Waals surface area contributed by atoms with Crippen LogP contribution in [0.5, 0.6) is 17.2 Å². The van der Waals surface area contributed by atoms with E-state index >= 15 is 9.59 Å². The Balaban J connectivity index is 1.72. The Kier molecular flexibility index (Phi) is 15.8. The highest BCUT2D eigenvalue weighted by Gasteiger charge is 2.41. The van der Waals surface area contributed by atoms with Crippen molar-refractivity contribution in [3.63, 3.8) is 0 Å². The van der Waals surface area contributed by atoms with Crippen molar-refractivity contribution >= 4 is 71.3 Å². The summed E-state index contributed by atoms with van der Waals surface area (Å²) < 4.78 is 31.5. The minimum atomic E-state index is -2.56. The zero-order valence-electron chi connectivity index (χ0n) is 39.3. The summed E-state index contributed by atoms with van der Waals surface area (Å²) in [5, 5.41) is 10.7. The van der Waals surface area contributed by atoms with Gasteiger partial charge in [0.1, 0.15) is 25.8 Å². The molecule has 1 aliphatic heterocycles. The van der Waals surface area contributed by atoms with E-state index in [0.29, 0.717) is 33.7 Å². The van der Waals surface area contributed by atoms with Gasteiger partial charge in [-0.2, -0.15) is 0 Å². The van der Waals surface area contributed by atoms with Gasteiger partial charge in [-0.3, -0.25) is 19.0 Å². The van der Waals surface area contributed by atoms with Crippen LogP contribution in [0.15, 0.2) is 72.8 Å². The molecule has 6 rings (SSSR count). The Morgan fingerprint density at radius 2 is 1.45 bits per heavy atom. The maximum absolute atomic E-state index is 15.2. The number of methoxy groups -OCH3 is 3. The van der Waals surface area contributed by atoms with Gasteiger partial charge in [-0.25, -0.2) is 4.79 Å². The van der Waals surface area contributed by atoms with E-state index < -0.39 is 49.7 Å². The molecule has 2 heterocycles. The van der Waals surface area contributed by atoms with Crippen LogP contribution >= 0.6 is 23.2 Å². The molecule has 3 atom stereocenters. The highest BCUT2D eigenvalue weighted by Crippen LogP contribution is 2.45. The monoisotopic (exact) mass is 958 g/mol. The first-order chi connectivity index (χ1) is 31.4. The summed E-state index contributed by atoms with van der Waals surface area (Å²) in [6.45, 7) is 13.4. The topological polar surface area (TPSA) is 155 Å². The van der Waals surface area contributed by atoms with E-state index in [1.165, 1.54) is 26.4 Å². The van der Waals surface area contributed by atoms with Crippen LogP contribution in [0.1, 0.15) is 87.6 Å². The minimum absolute atomic E-state index is 0.0247. The van der Waals surface area contributed by atoms with Crippen molar-refractivity contribution in [2.75, 3.05) is 27.9 Å². The highest BCUT2D eigenvalue weighted by molar-refractivity contribution is 6.92. The number of aromatic nitrogens is 1. The number of hydrogen-bond acceptors (Lipinski definition) is 9. The second-order valence-electron chi connectivity index (χ2n) is 17.5. The van der Waals surface area contributed by atoms with Gasteiger partial charge in [0.25, 0.3) is 0 Å². The number of rotatable bonds is 13. The Bertz CT molecular complexity index is 2580. The van der Waals surface area contributed by atoms with Gasteiger partial charge in [0, 0.05) is 35.2 Å². The number of nitrogens with zero attached hydrogens (tertiary/aromatic N) is 1. The van der Waals surface area contributed by atoms with Gasteiger partial charge >= 0.3 is 6.09 Å². The fourth-order valence-electron chi connectivity index (χ4n) is 9.03. The number of amides is 3. The number of para-hydroxylation sites is 1. The maximum Gasteiger partial charge on any atom is 0.408 e. The summed E-state index contributed by atoms with van der Waals surface area (Å²) in [6, 6.07) is 20.8. The van der Waals surface area contributed by atoms with E-state index in [0.717, 1.165) is 40.0 Å². The number of carbonyl (C=O) groups is 4. The molecule has 4 aromatic carbocycles. The van der Waals surface area contributed by atoms with Crippen LogP contribution in [0.3, 0.4) is 0 Å². The first-order valence-corrected chi connectivity index (χ1v) is 25.5. The fourth-order valence-corrected chi connectivity index (χ4v) is 13.8. The molecule has 0 saturated carbocycles. The van der Waals surface area contributed by atoms with E-state index in [1.807, 2.05) is 59.2 Å². The van der Waals surface area contributed by atoms with Crippen LogP contribution in [0.4, 0.5) is 4.79 Å². The van der Waals surface area contributed by atoms with Gasteiger partial charge in [-0.1, -0.05) is 111 Å². The molecule has 3 amide bonds. The van der Waals surface area contributed by atoms with Gasteiger partial charge in [-0.05, 0) is 67.3 Å². The van der Waals surface area contributed by atoms with Crippen LogP contribution in [0, 0.1) is 0 Å². The second kappa shape index (κ2) is 21.0. The van der Waals surface area contributed by atoms with Crippen molar-refractivity contribution in [2.24, 2.45) is 0 Å². The van der Waals surface area contributed by atoms with Crippen LogP contribution in [-0.4, -0.2) is 76.0 Å². The number of ether oxygens (including phenoxy) is 5. The largest absolute Gasteiger partial charge is 0.494 e. The Hall–Kier alpha value is -5.54. The van der Waals surface area contributed by atoms with Crippen LogP contribution < -0.4 is 35.5 Å². The molecule has 3 N–H and O–H groups in total. The molecule has 13 nitrogen and oxygen atoms in total. The maximum atomic E-state index is 15.2. The normalized spacial score (nSPS) is 16.8. The van der Waals surface area contributed by atoms with E-state index in [1.54, 1.807) is 40.9 Å². The van der Waals surface area contributed by atoms with Crippen molar-refractivity contribution in [1.29, 1.82) is 0 Å². The molecule has 0 aliphatic carbocycles. The SMILES string of the molecule is CC[Si](CC)(CC)c1c2c3cccc(c3n1C(C)=O)-c1cc(cc(OC)c1OC)[C@H](COCc1ccccc1)NC(=O)[C@@H](c1cc(Cl)c(OC)c(Cl)c1)NC(=O)[C@H](NC(=O)OC(C)(C)C)C2. The molecule has 5 aromatic rings. The van der Waals surface area contributed by atoms with Gasteiger partial charge < -0.3 is 39.6 Å². The predicted molar refractivity (Wildman–Crippen MR) is 261 cm³/mol. The predicted octanol–water partition coefficient (Wildman–Crippen LogP) is 9.70. The van der Waals surface area contributed by atoms with Gasteiger partial charge in [0.2, 0.25) is 17.7 Å². The number of fused-ring (bicyclic) bond motifs is 3. The summed E-state index contributed by atoms with van der Waals surface area (Å²) >= 11 is 13.4. The first kappa shape index (κ1) is 49.9. The number of hydrogen-bond donors (Lipinski definition) is 3. The van der Waals surface area contributed by atoms with Crippen molar-refractivity contribution in [1.82, 2.24) is 20.5 Å². The summed E-state index contributed by atoms with van der Waals surface area (Å²) in [7, 11) is 1.94. The average molecular weight is 960 g/mol. The van der Waals surface area contributed by atoms with E-state index in [-0.39, 0.29) is 46.9 Å². The number of benzene rings is 4. The lowest BCUT2D eigenvalue weighted by Crippen LogP contribution is -2.55. The molecule has 0 radical (unpaired) electrons. The molecule has 0 unspecified atom stereocenters. The standard InChI is InChI=1S/C50H60Cl2N4O9Si/c1-11-66(12-2,13-3)48-36-26-39(54-49(60)65-50(5,6)7)46(58)55-42(32-23-37(51)45(63-10)38(52)24-32)47(59)53-40(28-64-27-30-18-15-14-16-19-30)31-22-35(44(62-9)41(25-31)61-8)33-20-17-21-34(36)43(33)56(48)29(4)57/h14-25,39-40,42H,11-13,26-28H2,1-10H3,(H,53,59)(H,54,60)(H,55,58)/t39-,40+,42-/m1/s1. The number of halogens is 2. The zero-order valence-corrected chi connectivity index (χ0v) is 41.8. The van der Waals surface area contributed by atoms with Crippen LogP contribution in [0.25, 0.3) is 22.0 Å². The molecule has 0 spiro atoms. The summed E-state index contributed by atoms with van der Waals surface area (Å²) in [5.41, 5.74) is 3.42. The summed E-state index contributed by atoms with van der Waals surface area (Å²) in [6.07, 6.45) is -0.910. The quantitative estimate of drug-likeness (QED) is 0.0979. The molecule has 6 bridgehead atoms. The van der Waals surface area contributed by atoms with E-state index in [2.05, 4.69) is 36.7 Å². The number of alkyl carbamates (subject to hydrolysis) is 1.